The zero-order valence-electron chi connectivity index (χ0n) is 9.45. The fraction of sp³-hybridized carbons (Fsp3) is 0.0769. The Kier molecular flexibility index (Phi) is 2.79. The van der Waals surface area contributed by atoms with Gasteiger partial charge < -0.3 is 13.9 Å². The second-order valence-corrected chi connectivity index (χ2v) is 3.62. The highest BCUT2D eigenvalue weighted by Crippen LogP contribution is 2.31. The van der Waals surface area contributed by atoms with Crippen molar-refractivity contribution in [1.82, 2.24) is 0 Å². The van der Waals surface area contributed by atoms with Crippen LogP contribution in [-0.2, 0) is 0 Å². The summed E-state index contributed by atoms with van der Waals surface area (Å²) < 4.78 is 15.6. The van der Waals surface area contributed by atoms with E-state index in [0.717, 1.165) is 17.1 Å². The molecule has 0 unspecified atom stereocenters. The van der Waals surface area contributed by atoms with Crippen molar-refractivity contribution in [3.63, 3.8) is 0 Å². The first-order chi connectivity index (χ1) is 8.92. The molecular weight excluding hydrogens is 232 g/mol. The first-order valence-corrected chi connectivity index (χ1v) is 5.41. The van der Waals surface area contributed by atoms with E-state index in [1.165, 1.54) is 0 Å². The van der Waals surface area contributed by atoms with Crippen LogP contribution in [0, 0.1) is 0 Å². The number of hydrogen-bond acceptors (Lipinski definition) is 5. The normalized spacial score (nSPS) is 13.8. The van der Waals surface area contributed by atoms with Crippen molar-refractivity contribution in [2.75, 3.05) is 6.79 Å². The van der Waals surface area contributed by atoms with Crippen LogP contribution in [-0.4, -0.2) is 19.2 Å². The molecule has 0 fully saturated rings. The van der Waals surface area contributed by atoms with Gasteiger partial charge in [0.1, 0.15) is 5.76 Å². The van der Waals surface area contributed by atoms with E-state index >= 15 is 0 Å². The molecule has 0 amide bonds. The Morgan fingerprint density at radius 2 is 1.89 bits per heavy atom. The summed E-state index contributed by atoms with van der Waals surface area (Å²) >= 11 is 0. The summed E-state index contributed by atoms with van der Waals surface area (Å²) in [5.74, 6) is 2.15. The summed E-state index contributed by atoms with van der Waals surface area (Å²) in [6, 6.07) is 9.19. The average Bonchev–Trinajstić information content (AvgIpc) is 3.05. The zero-order valence-corrected chi connectivity index (χ0v) is 9.45. The molecule has 1 aromatic heterocycles. The molecule has 0 aliphatic carbocycles. The number of ether oxygens (including phenoxy) is 2. The number of furan rings is 1. The van der Waals surface area contributed by atoms with Gasteiger partial charge in [-0.05, 0) is 35.9 Å². The molecule has 18 heavy (non-hydrogen) atoms. The van der Waals surface area contributed by atoms with Gasteiger partial charge in [0.15, 0.2) is 11.5 Å². The number of hydrogen-bond donors (Lipinski definition) is 0. The van der Waals surface area contributed by atoms with Crippen molar-refractivity contribution < 1.29 is 13.9 Å². The van der Waals surface area contributed by atoms with E-state index in [-0.39, 0.29) is 6.79 Å². The third-order valence-corrected chi connectivity index (χ3v) is 2.40. The van der Waals surface area contributed by atoms with Crippen LogP contribution in [0.5, 0.6) is 11.5 Å². The van der Waals surface area contributed by atoms with Crippen LogP contribution in [0.25, 0.3) is 0 Å². The maximum Gasteiger partial charge on any atom is 0.231 e. The number of fused-ring (bicyclic) bond motifs is 1. The molecule has 0 radical (unpaired) electrons. The van der Waals surface area contributed by atoms with Gasteiger partial charge in [0, 0.05) is 0 Å². The van der Waals surface area contributed by atoms with E-state index in [9.17, 15) is 0 Å². The summed E-state index contributed by atoms with van der Waals surface area (Å²) in [6.45, 7) is 0.270. The Labute approximate surface area is 103 Å². The quantitative estimate of drug-likeness (QED) is 0.613. The van der Waals surface area contributed by atoms with Crippen molar-refractivity contribution in [2.45, 2.75) is 0 Å². The first kappa shape index (κ1) is 10.6. The van der Waals surface area contributed by atoms with Crippen LogP contribution in [0.3, 0.4) is 0 Å². The molecule has 0 saturated heterocycles. The molecule has 0 saturated carbocycles. The summed E-state index contributed by atoms with van der Waals surface area (Å²) in [5, 5.41) is 7.81. The Morgan fingerprint density at radius 3 is 2.78 bits per heavy atom. The Hall–Kier alpha value is -2.56. The van der Waals surface area contributed by atoms with Gasteiger partial charge in [-0.15, -0.1) is 0 Å². The predicted octanol–water partition coefficient (Wildman–Crippen LogP) is 2.46. The van der Waals surface area contributed by atoms with Gasteiger partial charge in [-0.1, -0.05) is 0 Å². The molecule has 0 spiro atoms. The topological polar surface area (TPSA) is 56.3 Å². The second kappa shape index (κ2) is 4.75. The number of rotatable bonds is 3. The molecule has 3 rings (SSSR count). The van der Waals surface area contributed by atoms with Gasteiger partial charge in [0.2, 0.25) is 6.79 Å². The third-order valence-electron chi connectivity index (χ3n) is 2.40. The minimum atomic E-state index is 0.270. The van der Waals surface area contributed by atoms with Crippen LogP contribution < -0.4 is 9.47 Å². The standard InChI is InChI=1S/C13H10N2O3/c1-2-11(16-5-1)8-15-14-7-10-3-4-12-13(6-10)18-9-17-12/h1-8H,9H2/b14-7+,15-8?. The fourth-order valence-electron chi connectivity index (χ4n) is 1.55. The Balaban J connectivity index is 1.69. The maximum absolute atomic E-state index is 5.27. The summed E-state index contributed by atoms with van der Waals surface area (Å²) in [7, 11) is 0. The fourth-order valence-corrected chi connectivity index (χ4v) is 1.55. The van der Waals surface area contributed by atoms with Crippen molar-refractivity contribution in [1.29, 1.82) is 0 Å². The van der Waals surface area contributed by atoms with Crippen LogP contribution in [0.2, 0.25) is 0 Å². The molecule has 1 aromatic carbocycles. The Bertz CT molecular complexity index is 588. The van der Waals surface area contributed by atoms with E-state index in [1.807, 2.05) is 18.2 Å². The van der Waals surface area contributed by atoms with Crippen LogP contribution in [0.15, 0.2) is 51.2 Å². The molecule has 0 bridgehead atoms. The SMILES string of the molecule is C(=N/N=C/c1ccc2c(c1)OCO2)c1ccco1. The molecule has 0 N–H and O–H groups in total. The van der Waals surface area contributed by atoms with E-state index in [0.29, 0.717) is 5.76 Å². The third kappa shape index (κ3) is 2.24. The minimum absolute atomic E-state index is 0.270. The van der Waals surface area contributed by atoms with E-state index in [2.05, 4.69) is 10.2 Å². The molecule has 1 aliphatic heterocycles. The molecule has 0 atom stereocenters. The lowest BCUT2D eigenvalue weighted by Gasteiger charge is -1.95. The van der Waals surface area contributed by atoms with Gasteiger partial charge >= 0.3 is 0 Å². The molecule has 2 aromatic rings. The predicted molar refractivity (Wildman–Crippen MR) is 66.5 cm³/mol. The monoisotopic (exact) mass is 242 g/mol. The molecule has 2 heterocycles. The number of nitrogens with zero attached hydrogens (tertiary/aromatic N) is 2. The van der Waals surface area contributed by atoms with Gasteiger partial charge in [-0.3, -0.25) is 0 Å². The van der Waals surface area contributed by atoms with Crippen molar-refractivity contribution >= 4 is 12.4 Å². The second-order valence-electron chi connectivity index (χ2n) is 3.62. The van der Waals surface area contributed by atoms with Crippen molar-refractivity contribution in [3.05, 3.63) is 47.9 Å². The van der Waals surface area contributed by atoms with Gasteiger partial charge in [-0.2, -0.15) is 10.2 Å². The molecule has 5 heteroatoms. The summed E-state index contributed by atoms with van der Waals surface area (Å²) in [5.41, 5.74) is 0.899. The molecular formula is C13H10N2O3. The van der Waals surface area contributed by atoms with Crippen LogP contribution in [0.4, 0.5) is 0 Å². The largest absolute Gasteiger partial charge is 0.463 e. The van der Waals surface area contributed by atoms with Crippen LogP contribution in [0.1, 0.15) is 11.3 Å². The summed E-state index contributed by atoms with van der Waals surface area (Å²) in [4.78, 5) is 0. The highest BCUT2D eigenvalue weighted by atomic mass is 16.7. The lowest BCUT2D eigenvalue weighted by molar-refractivity contribution is 0.174. The van der Waals surface area contributed by atoms with E-state index < -0.39 is 0 Å². The highest BCUT2D eigenvalue weighted by Gasteiger charge is 2.12. The van der Waals surface area contributed by atoms with Gasteiger partial charge in [-0.25, -0.2) is 0 Å². The summed E-state index contributed by atoms with van der Waals surface area (Å²) in [6.07, 6.45) is 4.77. The zero-order chi connectivity index (χ0) is 12.2. The number of benzene rings is 1. The first-order valence-electron chi connectivity index (χ1n) is 5.41. The Morgan fingerprint density at radius 1 is 1.00 bits per heavy atom. The molecule has 90 valence electrons. The highest BCUT2D eigenvalue weighted by molar-refractivity contribution is 5.82. The maximum atomic E-state index is 5.27. The van der Waals surface area contributed by atoms with Crippen LogP contribution >= 0.6 is 0 Å². The van der Waals surface area contributed by atoms with Crippen molar-refractivity contribution in [2.24, 2.45) is 10.2 Å². The minimum Gasteiger partial charge on any atom is -0.463 e. The van der Waals surface area contributed by atoms with E-state index in [4.69, 9.17) is 13.9 Å². The van der Waals surface area contributed by atoms with E-state index in [1.54, 1.807) is 30.8 Å². The lowest BCUT2D eigenvalue weighted by atomic mass is 10.2. The van der Waals surface area contributed by atoms with Gasteiger partial charge in [0.25, 0.3) is 0 Å². The molecule has 1 aliphatic rings. The average molecular weight is 242 g/mol. The molecule has 5 nitrogen and oxygen atoms in total. The van der Waals surface area contributed by atoms with Crippen molar-refractivity contribution in [3.8, 4) is 11.5 Å². The lowest BCUT2D eigenvalue weighted by Crippen LogP contribution is -1.92. The smallest absolute Gasteiger partial charge is 0.231 e. The van der Waals surface area contributed by atoms with Gasteiger partial charge in [0.05, 0.1) is 18.7 Å².